The summed E-state index contributed by atoms with van der Waals surface area (Å²) in [7, 11) is 0. The summed E-state index contributed by atoms with van der Waals surface area (Å²) < 4.78 is 0. The van der Waals surface area contributed by atoms with E-state index in [1.807, 2.05) is 4.90 Å². The first-order valence-electron chi connectivity index (χ1n) is 9.90. The van der Waals surface area contributed by atoms with E-state index in [-0.39, 0.29) is 42.2 Å². The Balaban J connectivity index is 0.00000210. The Kier molecular flexibility index (Phi) is 6.11. The number of fused-ring (bicyclic) bond motifs is 4. The summed E-state index contributed by atoms with van der Waals surface area (Å²) in [5, 5.41) is 6.62. The predicted molar refractivity (Wildman–Crippen MR) is 108 cm³/mol. The van der Waals surface area contributed by atoms with Gasteiger partial charge in [0.1, 0.15) is 6.04 Å². The zero-order valence-corrected chi connectivity index (χ0v) is 17.0. The Morgan fingerprint density at radius 2 is 2.04 bits per heavy atom. The second-order valence-corrected chi connectivity index (χ2v) is 8.27. The van der Waals surface area contributed by atoms with Crippen molar-refractivity contribution in [1.29, 1.82) is 0 Å². The molecule has 3 heterocycles. The number of benzene rings is 1. The first kappa shape index (κ1) is 20.2. The molecule has 4 rings (SSSR count). The van der Waals surface area contributed by atoms with Gasteiger partial charge in [0.25, 0.3) is 0 Å². The summed E-state index contributed by atoms with van der Waals surface area (Å²) in [4.78, 5) is 27.8. The minimum absolute atomic E-state index is 0. The van der Waals surface area contributed by atoms with Crippen LogP contribution in [0.15, 0.2) is 18.2 Å². The van der Waals surface area contributed by atoms with E-state index in [2.05, 4.69) is 42.7 Å². The highest BCUT2D eigenvalue weighted by molar-refractivity contribution is 5.89. The zero-order chi connectivity index (χ0) is 18.3. The van der Waals surface area contributed by atoms with Crippen molar-refractivity contribution < 1.29 is 9.59 Å². The van der Waals surface area contributed by atoms with Gasteiger partial charge in [-0.25, -0.2) is 0 Å². The largest absolute Gasteiger partial charge is 0.350 e. The molecule has 0 aromatic heterocycles. The number of amides is 2. The number of carbonyl (C=O) groups excluding carboxylic acids is 2. The van der Waals surface area contributed by atoms with Crippen molar-refractivity contribution in [3.05, 3.63) is 34.9 Å². The van der Waals surface area contributed by atoms with E-state index in [1.54, 1.807) is 0 Å². The zero-order valence-electron chi connectivity index (χ0n) is 16.2. The Bertz CT molecular complexity index is 723. The van der Waals surface area contributed by atoms with Crippen molar-refractivity contribution in [1.82, 2.24) is 15.5 Å². The number of hydrogen-bond donors (Lipinski definition) is 2. The number of nitrogens with zero attached hydrogens (tertiary/aromatic N) is 1. The average molecular weight is 392 g/mol. The molecule has 1 aromatic rings. The topological polar surface area (TPSA) is 61.4 Å². The molecule has 1 aromatic carbocycles. The Morgan fingerprint density at radius 3 is 2.85 bits per heavy atom. The van der Waals surface area contributed by atoms with Gasteiger partial charge in [0.2, 0.25) is 11.8 Å². The fourth-order valence-corrected chi connectivity index (χ4v) is 5.13. The van der Waals surface area contributed by atoms with Crippen LogP contribution in [0.4, 0.5) is 0 Å². The molecule has 0 aliphatic carbocycles. The van der Waals surface area contributed by atoms with Crippen LogP contribution in [0, 0.1) is 25.7 Å². The van der Waals surface area contributed by atoms with Crippen molar-refractivity contribution in [3.63, 3.8) is 0 Å². The maximum absolute atomic E-state index is 13.1. The van der Waals surface area contributed by atoms with E-state index in [9.17, 15) is 9.59 Å². The Labute approximate surface area is 167 Å². The Hall–Kier alpha value is -1.59. The highest BCUT2D eigenvalue weighted by Gasteiger charge is 2.50. The van der Waals surface area contributed by atoms with Crippen molar-refractivity contribution >= 4 is 24.2 Å². The minimum atomic E-state index is -0.318. The second kappa shape index (κ2) is 8.19. The van der Waals surface area contributed by atoms with E-state index >= 15 is 0 Å². The maximum atomic E-state index is 13.1. The molecule has 0 spiro atoms. The lowest BCUT2D eigenvalue weighted by atomic mass is 9.72. The number of aryl methyl sites for hydroxylation is 2. The number of carbonyl (C=O) groups is 2. The monoisotopic (exact) mass is 391 g/mol. The SMILES string of the molecule is Cc1ccc(C)c(CNC(=O)[C@H]2[C@@H]3CNC[C@@H](C3)[C@@H]3CCCC(=O)N32)c1.Cl. The highest BCUT2D eigenvalue weighted by atomic mass is 35.5. The van der Waals surface area contributed by atoms with Crippen molar-refractivity contribution in [2.24, 2.45) is 11.8 Å². The molecule has 4 atom stereocenters. The molecular weight excluding hydrogens is 362 g/mol. The van der Waals surface area contributed by atoms with Gasteiger partial charge in [-0.3, -0.25) is 9.59 Å². The molecule has 3 aliphatic heterocycles. The number of halogens is 1. The van der Waals surface area contributed by atoms with Crippen LogP contribution >= 0.6 is 12.4 Å². The van der Waals surface area contributed by atoms with E-state index in [0.717, 1.165) is 37.9 Å². The van der Waals surface area contributed by atoms with Crippen LogP contribution in [0.25, 0.3) is 0 Å². The summed E-state index contributed by atoms with van der Waals surface area (Å²) in [5.41, 5.74) is 3.53. The van der Waals surface area contributed by atoms with Gasteiger partial charge in [-0.15, -0.1) is 12.4 Å². The predicted octanol–water partition coefficient (Wildman–Crippen LogP) is 2.33. The van der Waals surface area contributed by atoms with Crippen molar-refractivity contribution in [2.75, 3.05) is 13.1 Å². The molecule has 3 fully saturated rings. The number of piperidine rings is 3. The van der Waals surface area contributed by atoms with Crippen LogP contribution in [0.3, 0.4) is 0 Å². The third-order valence-electron chi connectivity index (χ3n) is 6.47. The van der Waals surface area contributed by atoms with Gasteiger partial charge in [-0.2, -0.15) is 0 Å². The maximum Gasteiger partial charge on any atom is 0.243 e. The van der Waals surface area contributed by atoms with E-state index in [0.29, 0.717) is 18.9 Å². The van der Waals surface area contributed by atoms with Crippen molar-refractivity contribution in [3.8, 4) is 0 Å². The molecule has 6 heteroatoms. The molecule has 2 bridgehead atoms. The normalized spacial score (nSPS) is 29.6. The lowest BCUT2D eigenvalue weighted by molar-refractivity contribution is -0.157. The molecule has 2 amide bonds. The molecule has 0 radical (unpaired) electrons. The molecule has 27 heavy (non-hydrogen) atoms. The van der Waals surface area contributed by atoms with Crippen LogP contribution in [0.1, 0.15) is 42.4 Å². The van der Waals surface area contributed by atoms with Gasteiger partial charge in [0, 0.05) is 31.5 Å². The summed E-state index contributed by atoms with van der Waals surface area (Å²) in [6.45, 7) is 6.47. The standard InChI is InChI=1S/C21H29N3O2.ClH/c1-13-6-7-14(2)15(8-13)12-23-21(26)20-17-9-16(10-22-11-17)18-4-3-5-19(25)24(18)20;/h6-8,16-18,20,22H,3-5,9-12H2,1-2H3,(H,23,26);1H/t16-,17+,18+,20-;/m1./s1. The average Bonchev–Trinajstić information content (AvgIpc) is 2.63. The Morgan fingerprint density at radius 1 is 1.26 bits per heavy atom. The van der Waals surface area contributed by atoms with E-state index in [1.165, 1.54) is 11.1 Å². The molecule has 5 nitrogen and oxygen atoms in total. The third-order valence-corrected chi connectivity index (χ3v) is 6.47. The second-order valence-electron chi connectivity index (χ2n) is 8.27. The molecular formula is C21H30ClN3O2. The summed E-state index contributed by atoms with van der Waals surface area (Å²) in [6.07, 6.45) is 3.64. The molecule has 3 saturated heterocycles. The highest BCUT2D eigenvalue weighted by Crippen LogP contribution is 2.39. The smallest absolute Gasteiger partial charge is 0.243 e. The van der Waals surface area contributed by atoms with Gasteiger partial charge in [0.15, 0.2) is 0 Å². The lowest BCUT2D eigenvalue weighted by Crippen LogP contribution is -2.67. The summed E-state index contributed by atoms with van der Waals surface area (Å²) in [6, 6.07) is 6.23. The van der Waals surface area contributed by atoms with E-state index < -0.39 is 0 Å². The fourth-order valence-electron chi connectivity index (χ4n) is 5.13. The van der Waals surface area contributed by atoms with Gasteiger partial charge in [-0.1, -0.05) is 23.8 Å². The molecule has 148 valence electrons. The van der Waals surface area contributed by atoms with Crippen LogP contribution < -0.4 is 10.6 Å². The first-order valence-corrected chi connectivity index (χ1v) is 9.90. The van der Waals surface area contributed by atoms with Gasteiger partial charge < -0.3 is 15.5 Å². The molecule has 2 N–H and O–H groups in total. The van der Waals surface area contributed by atoms with Gasteiger partial charge >= 0.3 is 0 Å². The third kappa shape index (κ3) is 3.85. The van der Waals surface area contributed by atoms with Crippen molar-refractivity contribution in [2.45, 2.75) is 58.2 Å². The number of hydrogen-bond acceptors (Lipinski definition) is 3. The molecule has 0 unspecified atom stereocenters. The summed E-state index contributed by atoms with van der Waals surface area (Å²) in [5.74, 6) is 0.912. The van der Waals surface area contributed by atoms with Crippen LogP contribution in [0.5, 0.6) is 0 Å². The van der Waals surface area contributed by atoms with E-state index in [4.69, 9.17) is 0 Å². The molecule has 3 aliphatic rings. The van der Waals surface area contributed by atoms with Gasteiger partial charge in [0.05, 0.1) is 0 Å². The first-order chi connectivity index (χ1) is 12.5. The number of rotatable bonds is 3. The summed E-state index contributed by atoms with van der Waals surface area (Å²) >= 11 is 0. The van der Waals surface area contributed by atoms with Gasteiger partial charge in [-0.05, 0) is 56.7 Å². The van der Waals surface area contributed by atoms with Crippen LogP contribution in [-0.4, -0.2) is 41.9 Å². The minimum Gasteiger partial charge on any atom is -0.350 e. The van der Waals surface area contributed by atoms with Crippen LogP contribution in [-0.2, 0) is 16.1 Å². The lowest BCUT2D eigenvalue weighted by Gasteiger charge is -2.53. The molecule has 0 saturated carbocycles. The fraction of sp³-hybridized carbons (Fsp3) is 0.619. The quantitative estimate of drug-likeness (QED) is 0.831. The van der Waals surface area contributed by atoms with Crippen LogP contribution in [0.2, 0.25) is 0 Å². The number of nitrogens with one attached hydrogen (secondary N) is 2.